The second kappa shape index (κ2) is 5.08. The highest BCUT2D eigenvalue weighted by atomic mass is 16.1. The molecule has 1 nitrogen and oxygen atoms in total. The Kier molecular flexibility index (Phi) is 3.51. The van der Waals surface area contributed by atoms with Gasteiger partial charge in [0.2, 0.25) is 0 Å². The van der Waals surface area contributed by atoms with Crippen molar-refractivity contribution in [2.45, 2.75) is 85.0 Å². The van der Waals surface area contributed by atoms with Crippen molar-refractivity contribution < 1.29 is 7.65 Å². The van der Waals surface area contributed by atoms with E-state index in [2.05, 4.69) is 13.8 Å². The van der Waals surface area contributed by atoms with Crippen LogP contribution in [0.4, 0.5) is 0 Å². The van der Waals surface area contributed by atoms with Crippen LogP contribution >= 0.6 is 0 Å². The lowest BCUT2D eigenvalue weighted by Gasteiger charge is -2.60. The largest absolute Gasteiger partial charge is 0.300 e. The molecule has 0 spiro atoms. The quantitative estimate of drug-likeness (QED) is 0.570. The molecule has 4 aliphatic rings. The van der Waals surface area contributed by atoms with E-state index in [9.17, 15) is 4.79 Å². The van der Waals surface area contributed by atoms with Gasteiger partial charge < -0.3 is 0 Å². The highest BCUT2D eigenvalue weighted by Crippen LogP contribution is 2.67. The van der Waals surface area contributed by atoms with Gasteiger partial charge in [0, 0.05) is 8.77 Å². The minimum atomic E-state index is 0. The van der Waals surface area contributed by atoms with Gasteiger partial charge in [0.15, 0.2) is 0 Å². The predicted molar refractivity (Wildman–Crippen MR) is 94.7 cm³/mol. The van der Waals surface area contributed by atoms with Gasteiger partial charge in [-0.25, -0.2) is 0 Å². The van der Waals surface area contributed by atoms with E-state index < -0.39 is 0 Å². The fourth-order valence-electron chi connectivity index (χ4n) is 7.96. The maximum absolute atomic E-state index is 12.2. The van der Waals surface area contributed by atoms with Crippen LogP contribution in [0.3, 0.4) is 0 Å². The molecule has 1 heteroatoms. The Morgan fingerprint density at radius 3 is 2.41 bits per heavy atom. The van der Waals surface area contributed by atoms with Gasteiger partial charge in [-0.15, -0.1) is 0 Å². The Labute approximate surface area is 139 Å². The molecule has 4 saturated carbocycles. The third-order valence-electron chi connectivity index (χ3n) is 9.07. The molecule has 0 aromatic heterocycles. The summed E-state index contributed by atoms with van der Waals surface area (Å²) in [5, 5.41) is 0. The van der Waals surface area contributed by atoms with Crippen LogP contribution in [-0.4, -0.2) is 5.78 Å². The number of ketones is 1. The van der Waals surface area contributed by atoms with E-state index in [1.54, 1.807) is 0 Å². The first-order chi connectivity index (χ1) is 10.5. The van der Waals surface area contributed by atoms with Crippen LogP contribution < -0.4 is 0 Å². The van der Waals surface area contributed by atoms with E-state index in [1.807, 2.05) is 6.92 Å². The number of hydrogen-bond acceptors (Lipinski definition) is 1. The molecule has 0 saturated heterocycles. The predicted octanol–water partition coefficient (Wildman–Crippen LogP) is 6.12. The van der Waals surface area contributed by atoms with E-state index in [0.29, 0.717) is 22.5 Å². The van der Waals surface area contributed by atoms with Crippen LogP contribution in [0.1, 0.15) is 87.8 Å². The summed E-state index contributed by atoms with van der Waals surface area (Å²) in [5.41, 5.74) is 0.974. The third-order valence-corrected chi connectivity index (χ3v) is 9.07. The molecule has 0 aromatic rings. The molecule has 4 fully saturated rings. The number of carbonyl (C=O) groups is 1. The summed E-state index contributed by atoms with van der Waals surface area (Å²) in [6.07, 6.45) is 14.1. The van der Waals surface area contributed by atoms with Crippen molar-refractivity contribution in [3.05, 3.63) is 0 Å². The Morgan fingerprint density at radius 2 is 1.64 bits per heavy atom. The molecule has 0 amide bonds. The highest BCUT2D eigenvalue weighted by Gasteiger charge is 2.60. The number of fused-ring (bicyclic) bond motifs is 5. The smallest absolute Gasteiger partial charge is 0.133 e. The van der Waals surface area contributed by atoms with E-state index >= 15 is 0 Å². The van der Waals surface area contributed by atoms with Crippen molar-refractivity contribution in [3.8, 4) is 0 Å². The van der Waals surface area contributed by atoms with Crippen molar-refractivity contribution in [2.24, 2.45) is 40.4 Å². The van der Waals surface area contributed by atoms with Gasteiger partial charge in [0.05, 0.1) is 0 Å². The van der Waals surface area contributed by atoms with E-state index in [4.69, 9.17) is 0 Å². The van der Waals surface area contributed by atoms with Crippen LogP contribution in [0.2, 0.25) is 0 Å². The second-order valence-corrected chi connectivity index (χ2v) is 9.69. The normalized spacial score (nSPS) is 54.2. The number of hydrogen-bond donors (Lipinski definition) is 0. The minimum absolute atomic E-state index is 0. The second-order valence-electron chi connectivity index (χ2n) is 9.69. The molecule has 4 aliphatic carbocycles. The van der Waals surface area contributed by atoms with Crippen LogP contribution in [0, 0.1) is 40.4 Å². The molecule has 0 radical (unpaired) electrons. The van der Waals surface area contributed by atoms with Crippen LogP contribution in [-0.2, 0) is 4.79 Å². The monoisotopic (exact) mass is 306 g/mol. The average Bonchev–Trinajstić information content (AvgIpc) is 2.84. The van der Waals surface area contributed by atoms with Gasteiger partial charge >= 0.3 is 0 Å². The SMILES string of the molecule is CC(=O)[C@H]1CCC2[C@@H]3CCC4CCCC[C@]4(C)C3CC[C@@]21C.[HH].[HH]. The highest BCUT2D eigenvalue weighted by molar-refractivity contribution is 5.79. The molecular formula is C21H38O. The third kappa shape index (κ3) is 1.93. The first-order valence-electron chi connectivity index (χ1n) is 9.97. The van der Waals surface area contributed by atoms with Crippen LogP contribution in [0.15, 0.2) is 0 Å². The lowest BCUT2D eigenvalue weighted by atomic mass is 9.45. The zero-order valence-corrected chi connectivity index (χ0v) is 14.9. The van der Waals surface area contributed by atoms with E-state index in [-0.39, 0.29) is 2.85 Å². The van der Waals surface area contributed by atoms with Crippen LogP contribution in [0.5, 0.6) is 0 Å². The van der Waals surface area contributed by atoms with Gasteiger partial charge in [-0.05, 0) is 92.8 Å². The summed E-state index contributed by atoms with van der Waals surface area (Å²) in [6.45, 7) is 6.97. The van der Waals surface area contributed by atoms with Crippen molar-refractivity contribution >= 4 is 5.78 Å². The molecule has 0 bridgehead atoms. The molecular weight excluding hydrogens is 268 g/mol. The standard InChI is InChI=1S/C21H34O.2H2/c1-14(22)17-9-10-18-16-8-7-15-6-4-5-12-20(15,2)19(16)11-13-21(17,18)3;;/h15-19H,4-13H2,1-3H3;2*1H/t15?,16-,17+,18?,19?,20-,21+;;/m0../s1. The zero-order chi connectivity index (χ0) is 15.5. The minimum Gasteiger partial charge on any atom is -0.300 e. The molecule has 7 atom stereocenters. The first kappa shape index (κ1) is 15.2. The Hall–Kier alpha value is -0.330. The molecule has 3 unspecified atom stereocenters. The zero-order valence-electron chi connectivity index (χ0n) is 14.9. The molecule has 22 heavy (non-hydrogen) atoms. The van der Waals surface area contributed by atoms with Gasteiger partial charge in [-0.3, -0.25) is 4.79 Å². The molecule has 0 aromatic carbocycles. The number of rotatable bonds is 1. The summed E-state index contributed by atoms with van der Waals surface area (Å²) >= 11 is 0. The lowest BCUT2D eigenvalue weighted by molar-refractivity contribution is -0.133. The fourth-order valence-corrected chi connectivity index (χ4v) is 7.96. The fraction of sp³-hybridized carbons (Fsp3) is 0.952. The number of carbonyl (C=O) groups excluding carboxylic acids is 1. The van der Waals surface area contributed by atoms with Gasteiger partial charge in [0.1, 0.15) is 5.78 Å². The molecule has 4 rings (SSSR count). The Morgan fingerprint density at radius 1 is 0.864 bits per heavy atom. The maximum atomic E-state index is 12.2. The first-order valence-corrected chi connectivity index (χ1v) is 9.97. The Bertz CT molecular complexity index is 478. The van der Waals surface area contributed by atoms with Crippen molar-refractivity contribution in [3.63, 3.8) is 0 Å². The van der Waals surface area contributed by atoms with Crippen molar-refractivity contribution in [2.75, 3.05) is 0 Å². The average molecular weight is 307 g/mol. The number of Topliss-reactive ketones (excluding diaryl/α,β-unsaturated/α-hetero) is 1. The van der Waals surface area contributed by atoms with Gasteiger partial charge in [0.25, 0.3) is 0 Å². The van der Waals surface area contributed by atoms with Gasteiger partial charge in [-0.2, -0.15) is 0 Å². The summed E-state index contributed by atoms with van der Waals surface area (Å²) < 4.78 is 0. The molecule has 0 aliphatic heterocycles. The van der Waals surface area contributed by atoms with Crippen LogP contribution in [0.25, 0.3) is 0 Å². The maximum Gasteiger partial charge on any atom is 0.133 e. The summed E-state index contributed by atoms with van der Waals surface area (Å²) in [4.78, 5) is 12.2. The van der Waals surface area contributed by atoms with Gasteiger partial charge in [-0.1, -0.05) is 26.7 Å². The van der Waals surface area contributed by atoms with Crippen molar-refractivity contribution in [1.82, 2.24) is 0 Å². The molecule has 0 N–H and O–H groups in total. The Balaban J connectivity index is 0.00000104. The van der Waals surface area contributed by atoms with E-state index in [0.717, 1.165) is 23.7 Å². The summed E-state index contributed by atoms with van der Waals surface area (Å²) in [5.74, 6) is 4.60. The summed E-state index contributed by atoms with van der Waals surface area (Å²) in [7, 11) is 0. The topological polar surface area (TPSA) is 17.1 Å². The lowest BCUT2D eigenvalue weighted by Crippen LogP contribution is -2.53. The molecule has 128 valence electrons. The van der Waals surface area contributed by atoms with Crippen molar-refractivity contribution in [1.29, 1.82) is 0 Å². The van der Waals surface area contributed by atoms with E-state index in [1.165, 1.54) is 64.2 Å². The summed E-state index contributed by atoms with van der Waals surface area (Å²) in [6, 6.07) is 0. The molecule has 0 heterocycles.